The van der Waals surface area contributed by atoms with Crippen molar-refractivity contribution in [2.24, 2.45) is 0 Å². The highest BCUT2D eigenvalue weighted by molar-refractivity contribution is 7.20. The van der Waals surface area contributed by atoms with E-state index in [1.807, 2.05) is 6.92 Å². The number of nitrogens with one attached hydrogen (secondary N) is 1. The Labute approximate surface area is 149 Å². The number of hydrogen-bond donors (Lipinski definition) is 1. The number of halogens is 3. The molecule has 1 aliphatic carbocycles. The lowest BCUT2D eigenvalue weighted by atomic mass is 9.83. The quantitative estimate of drug-likeness (QED) is 0.532. The van der Waals surface area contributed by atoms with Gasteiger partial charge in [0, 0.05) is 17.4 Å². The highest BCUT2D eigenvalue weighted by Gasteiger charge is 2.44. The van der Waals surface area contributed by atoms with Crippen molar-refractivity contribution in [3.05, 3.63) is 21.7 Å². The minimum atomic E-state index is -2.64. The van der Waals surface area contributed by atoms with Gasteiger partial charge >= 0.3 is 0 Å². The molecule has 0 aliphatic heterocycles. The molecule has 24 heavy (non-hydrogen) atoms. The van der Waals surface area contributed by atoms with Gasteiger partial charge in [0.15, 0.2) is 0 Å². The number of nitrogens with zero attached hydrogens (tertiary/aromatic N) is 1. The third kappa shape index (κ3) is 3.22. The van der Waals surface area contributed by atoms with Crippen molar-refractivity contribution in [1.29, 1.82) is 0 Å². The maximum Gasteiger partial charge on any atom is 0.255 e. The number of hydrogen-bond acceptors (Lipinski definition) is 3. The van der Waals surface area contributed by atoms with Gasteiger partial charge in [-0.15, -0.1) is 17.3 Å². The summed E-state index contributed by atoms with van der Waals surface area (Å²) in [6.45, 7) is 4.13. The molecule has 1 fully saturated rings. The normalized spacial score (nSPS) is 19.8. The summed E-state index contributed by atoms with van der Waals surface area (Å²) in [7, 11) is 0. The van der Waals surface area contributed by atoms with Crippen molar-refractivity contribution in [2.45, 2.75) is 51.4 Å². The third-order valence-corrected chi connectivity index (χ3v) is 6.12. The van der Waals surface area contributed by atoms with Gasteiger partial charge in [-0.1, -0.05) is 23.9 Å². The fraction of sp³-hybridized carbons (Fsp3) is 0.500. The lowest BCUT2D eigenvalue weighted by Crippen LogP contribution is -2.29. The number of pyridine rings is 1. The van der Waals surface area contributed by atoms with Gasteiger partial charge in [-0.2, -0.15) is 0 Å². The van der Waals surface area contributed by atoms with Gasteiger partial charge in [0.05, 0.1) is 28.4 Å². The molecule has 1 atom stereocenters. The molecule has 3 rings (SSSR count). The first kappa shape index (κ1) is 17.4. The van der Waals surface area contributed by atoms with E-state index < -0.39 is 11.8 Å². The molecule has 6 heteroatoms. The van der Waals surface area contributed by atoms with E-state index in [0.717, 1.165) is 32.8 Å². The fourth-order valence-corrected chi connectivity index (χ4v) is 4.90. The summed E-state index contributed by atoms with van der Waals surface area (Å²) in [5, 5.41) is 3.58. The predicted molar refractivity (Wildman–Crippen MR) is 97.5 cm³/mol. The van der Waals surface area contributed by atoms with Crippen LogP contribution in [0.15, 0.2) is 6.07 Å². The van der Waals surface area contributed by atoms with Crippen LogP contribution in [-0.4, -0.2) is 17.5 Å². The van der Waals surface area contributed by atoms with Crippen molar-refractivity contribution in [2.75, 3.05) is 11.9 Å². The molecule has 0 amide bonds. The number of anilines is 1. The third-order valence-electron chi connectivity index (χ3n) is 4.50. The summed E-state index contributed by atoms with van der Waals surface area (Å²) >= 11 is 7.54. The van der Waals surface area contributed by atoms with Crippen LogP contribution in [0.5, 0.6) is 0 Å². The SMILES string of the molecule is CC#CCNc1cc(Cl)nc2c(C)c(C3CCCCC3(F)F)sc12. The molecule has 2 heterocycles. The second-order valence-corrected chi connectivity index (χ2v) is 7.54. The van der Waals surface area contributed by atoms with Crippen molar-refractivity contribution in [3.63, 3.8) is 0 Å². The van der Waals surface area contributed by atoms with Gasteiger partial charge in [-0.25, -0.2) is 13.8 Å². The summed E-state index contributed by atoms with van der Waals surface area (Å²) in [6.07, 6.45) is 1.94. The zero-order chi connectivity index (χ0) is 17.3. The van der Waals surface area contributed by atoms with Gasteiger partial charge < -0.3 is 5.32 Å². The number of thiophene rings is 1. The Hall–Kier alpha value is -1.38. The highest BCUT2D eigenvalue weighted by Crippen LogP contribution is 2.50. The van der Waals surface area contributed by atoms with Crippen LogP contribution < -0.4 is 5.32 Å². The Bertz CT molecular complexity index is 820. The molecular weight excluding hydrogens is 350 g/mol. The van der Waals surface area contributed by atoms with E-state index in [4.69, 9.17) is 11.6 Å². The highest BCUT2D eigenvalue weighted by atomic mass is 35.5. The molecule has 1 aliphatic rings. The molecule has 2 aromatic heterocycles. The van der Waals surface area contributed by atoms with Crippen LogP contribution >= 0.6 is 22.9 Å². The van der Waals surface area contributed by atoms with E-state index in [2.05, 4.69) is 22.1 Å². The average Bonchev–Trinajstić information content (AvgIpc) is 2.84. The van der Waals surface area contributed by atoms with E-state index in [0.29, 0.717) is 24.5 Å². The van der Waals surface area contributed by atoms with Crippen molar-refractivity contribution < 1.29 is 8.78 Å². The minimum Gasteiger partial charge on any atom is -0.373 e. The number of aromatic nitrogens is 1. The van der Waals surface area contributed by atoms with Gasteiger partial charge in [0.1, 0.15) is 5.15 Å². The number of aryl methyl sites for hydroxylation is 1. The smallest absolute Gasteiger partial charge is 0.255 e. The molecule has 1 saturated carbocycles. The van der Waals surface area contributed by atoms with Gasteiger partial charge in [0.2, 0.25) is 0 Å². The van der Waals surface area contributed by atoms with Crippen LogP contribution in [-0.2, 0) is 0 Å². The van der Waals surface area contributed by atoms with Crippen LogP contribution in [0.3, 0.4) is 0 Å². The Morgan fingerprint density at radius 2 is 2.25 bits per heavy atom. The summed E-state index contributed by atoms with van der Waals surface area (Å²) < 4.78 is 29.7. The maximum atomic E-state index is 14.4. The second kappa shape index (κ2) is 6.85. The molecule has 2 aromatic rings. The van der Waals surface area contributed by atoms with Crippen LogP contribution in [0.4, 0.5) is 14.5 Å². The van der Waals surface area contributed by atoms with Crippen LogP contribution in [0, 0.1) is 18.8 Å². The summed E-state index contributed by atoms with van der Waals surface area (Å²) in [4.78, 5) is 5.13. The van der Waals surface area contributed by atoms with E-state index >= 15 is 0 Å². The Morgan fingerprint density at radius 1 is 1.46 bits per heavy atom. The molecule has 0 radical (unpaired) electrons. The molecule has 0 bridgehead atoms. The lowest BCUT2D eigenvalue weighted by molar-refractivity contribution is -0.0538. The molecule has 1 N–H and O–H groups in total. The largest absolute Gasteiger partial charge is 0.373 e. The zero-order valence-electron chi connectivity index (χ0n) is 13.7. The molecule has 0 saturated heterocycles. The molecule has 128 valence electrons. The second-order valence-electron chi connectivity index (χ2n) is 6.10. The molecule has 0 aromatic carbocycles. The van der Waals surface area contributed by atoms with Crippen LogP contribution in [0.25, 0.3) is 10.2 Å². The lowest BCUT2D eigenvalue weighted by Gasteiger charge is -2.31. The van der Waals surface area contributed by atoms with E-state index in [1.54, 1.807) is 13.0 Å². The van der Waals surface area contributed by atoms with Gasteiger partial charge in [-0.05, 0) is 32.3 Å². The van der Waals surface area contributed by atoms with E-state index in [1.165, 1.54) is 11.3 Å². The van der Waals surface area contributed by atoms with Crippen LogP contribution in [0.1, 0.15) is 49.0 Å². The van der Waals surface area contributed by atoms with Crippen molar-refractivity contribution >= 4 is 38.8 Å². The number of alkyl halides is 2. The molecule has 0 spiro atoms. The van der Waals surface area contributed by atoms with Crippen molar-refractivity contribution in [1.82, 2.24) is 4.98 Å². The molecule has 2 nitrogen and oxygen atoms in total. The monoisotopic (exact) mass is 368 g/mol. The Balaban J connectivity index is 2.08. The first-order valence-electron chi connectivity index (χ1n) is 8.05. The number of rotatable bonds is 3. The molecule has 1 unspecified atom stereocenters. The van der Waals surface area contributed by atoms with Gasteiger partial charge in [-0.3, -0.25) is 0 Å². The average molecular weight is 369 g/mol. The topological polar surface area (TPSA) is 24.9 Å². The van der Waals surface area contributed by atoms with E-state index in [9.17, 15) is 8.78 Å². The van der Waals surface area contributed by atoms with Gasteiger partial charge in [0.25, 0.3) is 5.92 Å². The van der Waals surface area contributed by atoms with Crippen molar-refractivity contribution in [3.8, 4) is 11.8 Å². The minimum absolute atomic E-state index is 0.0310. The van der Waals surface area contributed by atoms with Crippen LogP contribution in [0.2, 0.25) is 5.15 Å². The zero-order valence-corrected chi connectivity index (χ0v) is 15.3. The Morgan fingerprint density at radius 3 is 2.96 bits per heavy atom. The van der Waals surface area contributed by atoms with E-state index in [-0.39, 0.29) is 6.42 Å². The summed E-state index contributed by atoms with van der Waals surface area (Å²) in [6, 6.07) is 1.74. The molecular formula is C18H19ClF2N2S. The standard InChI is InChI=1S/C18H19ClF2N2S/c1-3-4-9-22-13-10-14(19)23-15-11(2)16(24-17(13)15)12-7-5-6-8-18(12,20)21/h10,12H,5-9H2,1-2H3,(H,22,23). The first-order valence-corrected chi connectivity index (χ1v) is 9.24. The summed E-state index contributed by atoms with van der Waals surface area (Å²) in [5.41, 5.74) is 2.36. The fourth-order valence-electron chi connectivity index (χ4n) is 3.27. The summed E-state index contributed by atoms with van der Waals surface area (Å²) in [5.74, 6) is 2.40. The Kier molecular flexibility index (Phi) is 4.98. The predicted octanol–water partition coefficient (Wildman–Crippen LogP) is 5.99. The maximum absolute atomic E-state index is 14.4. The number of fused-ring (bicyclic) bond motifs is 1. The first-order chi connectivity index (χ1) is 11.4.